The molecule has 3 nitrogen and oxygen atoms in total. The highest BCUT2D eigenvalue weighted by Crippen LogP contribution is 2.25. The average Bonchev–Trinajstić information content (AvgIpc) is 2.35. The average molecular weight is 267 g/mol. The molecule has 0 aliphatic carbocycles. The Labute approximate surface area is 114 Å². The lowest BCUT2D eigenvalue weighted by Gasteiger charge is -2.19. The van der Waals surface area contributed by atoms with Gasteiger partial charge in [-0.1, -0.05) is 13.8 Å². The van der Waals surface area contributed by atoms with Crippen molar-refractivity contribution in [2.45, 2.75) is 30.4 Å². The Bertz CT molecular complexity index is 376. The highest BCUT2D eigenvalue weighted by atomic mass is 32.2. The zero-order valence-electron chi connectivity index (χ0n) is 11.5. The van der Waals surface area contributed by atoms with Gasteiger partial charge in [-0.15, -0.1) is 11.8 Å². The first-order valence-corrected chi connectivity index (χ1v) is 6.95. The Morgan fingerprint density at radius 1 is 1.33 bits per heavy atom. The molecule has 0 atom stereocenters. The maximum Gasteiger partial charge on any atom is 0.307 e. The van der Waals surface area contributed by atoms with Crippen LogP contribution in [0.1, 0.15) is 20.3 Å². The summed E-state index contributed by atoms with van der Waals surface area (Å²) in [6.45, 7) is 5.03. The number of methoxy groups -OCH3 is 1. The van der Waals surface area contributed by atoms with Crippen LogP contribution in [0.3, 0.4) is 0 Å². The Hall–Kier alpha value is -1.16. The van der Waals surface area contributed by atoms with Crippen LogP contribution in [0.25, 0.3) is 0 Å². The predicted molar refractivity (Wildman–Crippen MR) is 77.3 cm³/mol. The van der Waals surface area contributed by atoms with E-state index in [4.69, 9.17) is 0 Å². The van der Waals surface area contributed by atoms with Gasteiger partial charge in [-0.05, 0) is 24.3 Å². The molecule has 1 rings (SSSR count). The van der Waals surface area contributed by atoms with Gasteiger partial charge < -0.3 is 9.64 Å². The van der Waals surface area contributed by atoms with Gasteiger partial charge in [0.2, 0.25) is 0 Å². The number of ether oxygens (including phenoxy) is 1. The van der Waals surface area contributed by atoms with E-state index in [1.165, 1.54) is 12.0 Å². The highest BCUT2D eigenvalue weighted by Gasteiger charge is 2.05. The van der Waals surface area contributed by atoms with Crippen molar-refractivity contribution < 1.29 is 9.53 Å². The zero-order valence-corrected chi connectivity index (χ0v) is 12.3. The standard InChI is InChI=1S/C14H21NO2S/c1-11(2)18-13-7-5-12(6-8-13)15(3)10-9-14(16)17-4/h5-8,11H,9-10H2,1-4H3. The van der Waals surface area contributed by atoms with Crippen LogP contribution in [-0.4, -0.2) is 31.9 Å². The van der Waals surface area contributed by atoms with Crippen molar-refractivity contribution in [3.05, 3.63) is 24.3 Å². The highest BCUT2D eigenvalue weighted by molar-refractivity contribution is 7.99. The van der Waals surface area contributed by atoms with Gasteiger partial charge >= 0.3 is 5.97 Å². The molecule has 0 N–H and O–H groups in total. The molecule has 0 spiro atoms. The lowest BCUT2D eigenvalue weighted by molar-refractivity contribution is -0.140. The lowest BCUT2D eigenvalue weighted by atomic mass is 10.3. The fourth-order valence-electron chi connectivity index (χ4n) is 1.54. The molecule has 0 amide bonds. The summed E-state index contributed by atoms with van der Waals surface area (Å²) in [5.74, 6) is -0.172. The number of nitrogens with zero attached hydrogens (tertiary/aromatic N) is 1. The second-order valence-corrected chi connectivity index (χ2v) is 6.06. The third kappa shape index (κ3) is 5.00. The van der Waals surface area contributed by atoms with E-state index >= 15 is 0 Å². The van der Waals surface area contributed by atoms with Crippen molar-refractivity contribution in [3.8, 4) is 0 Å². The molecule has 0 fully saturated rings. The van der Waals surface area contributed by atoms with Crippen molar-refractivity contribution in [2.75, 3.05) is 25.6 Å². The predicted octanol–water partition coefficient (Wildman–Crippen LogP) is 3.19. The van der Waals surface area contributed by atoms with Gasteiger partial charge in [0.1, 0.15) is 0 Å². The smallest absolute Gasteiger partial charge is 0.307 e. The van der Waals surface area contributed by atoms with Gasteiger partial charge in [0.15, 0.2) is 0 Å². The fourth-order valence-corrected chi connectivity index (χ4v) is 2.38. The fraction of sp³-hybridized carbons (Fsp3) is 0.500. The van der Waals surface area contributed by atoms with Crippen LogP contribution < -0.4 is 4.90 Å². The van der Waals surface area contributed by atoms with Gasteiger partial charge in [0.25, 0.3) is 0 Å². The van der Waals surface area contributed by atoms with E-state index in [0.717, 1.165) is 5.69 Å². The third-order valence-electron chi connectivity index (χ3n) is 2.53. The van der Waals surface area contributed by atoms with E-state index in [9.17, 15) is 4.79 Å². The van der Waals surface area contributed by atoms with Crippen molar-refractivity contribution in [3.63, 3.8) is 0 Å². The summed E-state index contributed by atoms with van der Waals surface area (Å²) in [7, 11) is 3.40. The SMILES string of the molecule is COC(=O)CCN(C)c1ccc(SC(C)C)cc1. The van der Waals surface area contributed by atoms with Gasteiger partial charge in [-0.2, -0.15) is 0 Å². The minimum atomic E-state index is -0.172. The van der Waals surface area contributed by atoms with Crippen LogP contribution in [0.15, 0.2) is 29.2 Å². The maximum absolute atomic E-state index is 11.1. The van der Waals surface area contributed by atoms with E-state index < -0.39 is 0 Å². The number of hydrogen-bond acceptors (Lipinski definition) is 4. The first kappa shape index (κ1) is 14.9. The molecule has 4 heteroatoms. The third-order valence-corrected chi connectivity index (χ3v) is 3.54. The van der Waals surface area contributed by atoms with E-state index in [1.807, 2.05) is 18.8 Å². The summed E-state index contributed by atoms with van der Waals surface area (Å²) in [6, 6.07) is 8.41. The Balaban J connectivity index is 2.53. The van der Waals surface area contributed by atoms with Gasteiger partial charge in [0.05, 0.1) is 13.5 Å². The Morgan fingerprint density at radius 2 is 1.94 bits per heavy atom. The van der Waals surface area contributed by atoms with Crippen LogP contribution in [-0.2, 0) is 9.53 Å². The summed E-state index contributed by atoms with van der Waals surface area (Å²) in [4.78, 5) is 14.4. The van der Waals surface area contributed by atoms with E-state index in [1.54, 1.807) is 0 Å². The summed E-state index contributed by atoms with van der Waals surface area (Å²) in [6.07, 6.45) is 0.412. The number of anilines is 1. The van der Waals surface area contributed by atoms with Gasteiger partial charge in [-0.25, -0.2) is 0 Å². The quantitative estimate of drug-likeness (QED) is 0.585. The van der Waals surface area contributed by atoms with E-state index in [-0.39, 0.29) is 5.97 Å². The second kappa shape index (κ2) is 7.31. The summed E-state index contributed by atoms with van der Waals surface area (Å²) < 4.78 is 4.63. The molecule has 0 saturated heterocycles. The number of rotatable bonds is 6. The number of carbonyl (C=O) groups excluding carboxylic acids is 1. The van der Waals surface area contributed by atoms with Crippen LogP contribution in [0.5, 0.6) is 0 Å². The van der Waals surface area contributed by atoms with Crippen molar-refractivity contribution in [1.29, 1.82) is 0 Å². The lowest BCUT2D eigenvalue weighted by Crippen LogP contribution is -2.21. The zero-order chi connectivity index (χ0) is 13.5. The molecule has 18 heavy (non-hydrogen) atoms. The number of esters is 1. The minimum Gasteiger partial charge on any atom is -0.469 e. The molecule has 100 valence electrons. The largest absolute Gasteiger partial charge is 0.469 e. The Morgan fingerprint density at radius 3 is 2.44 bits per heavy atom. The van der Waals surface area contributed by atoms with Gasteiger partial charge in [0, 0.05) is 29.4 Å². The molecule has 1 aromatic rings. The molecule has 0 unspecified atom stereocenters. The first-order chi connectivity index (χ1) is 8.52. The summed E-state index contributed by atoms with van der Waals surface area (Å²) in [5.41, 5.74) is 1.12. The van der Waals surface area contributed by atoms with Crippen LogP contribution in [0, 0.1) is 0 Å². The number of benzene rings is 1. The molecule has 1 aromatic carbocycles. The monoisotopic (exact) mass is 267 g/mol. The van der Waals surface area contributed by atoms with Crippen LogP contribution >= 0.6 is 11.8 Å². The normalized spacial score (nSPS) is 10.5. The molecule has 0 bridgehead atoms. The molecular formula is C14H21NO2S. The van der Waals surface area contributed by atoms with Crippen molar-refractivity contribution in [2.24, 2.45) is 0 Å². The second-order valence-electron chi connectivity index (χ2n) is 4.41. The van der Waals surface area contributed by atoms with E-state index in [0.29, 0.717) is 18.2 Å². The number of hydrogen-bond donors (Lipinski definition) is 0. The summed E-state index contributed by atoms with van der Waals surface area (Å²) in [5, 5.41) is 0.591. The molecule has 0 aliphatic heterocycles. The van der Waals surface area contributed by atoms with E-state index in [2.05, 4.69) is 47.7 Å². The molecule has 0 radical (unpaired) electrons. The van der Waals surface area contributed by atoms with Crippen LogP contribution in [0.2, 0.25) is 0 Å². The van der Waals surface area contributed by atoms with Crippen LogP contribution in [0.4, 0.5) is 5.69 Å². The van der Waals surface area contributed by atoms with Crippen molar-refractivity contribution in [1.82, 2.24) is 0 Å². The molecule has 0 heterocycles. The summed E-state index contributed by atoms with van der Waals surface area (Å²) >= 11 is 1.85. The molecule has 0 saturated carbocycles. The number of thioether (sulfide) groups is 1. The molecule has 0 aromatic heterocycles. The van der Waals surface area contributed by atoms with Crippen molar-refractivity contribution >= 4 is 23.4 Å². The topological polar surface area (TPSA) is 29.5 Å². The minimum absolute atomic E-state index is 0.172. The first-order valence-electron chi connectivity index (χ1n) is 6.07. The molecule has 0 aliphatic rings. The van der Waals surface area contributed by atoms with Gasteiger partial charge in [-0.3, -0.25) is 4.79 Å². The molecular weight excluding hydrogens is 246 g/mol. The number of carbonyl (C=O) groups is 1. The Kier molecular flexibility index (Phi) is 6.05. The maximum atomic E-state index is 11.1.